The van der Waals surface area contributed by atoms with Crippen molar-refractivity contribution < 1.29 is 0 Å². The number of rotatable bonds is 7. The lowest BCUT2D eigenvalue weighted by Crippen LogP contribution is -2.04. The summed E-state index contributed by atoms with van der Waals surface area (Å²) in [6, 6.07) is 0. The fourth-order valence-electron chi connectivity index (χ4n) is 2.69. The van der Waals surface area contributed by atoms with Crippen molar-refractivity contribution in [1.29, 1.82) is 0 Å². The summed E-state index contributed by atoms with van der Waals surface area (Å²) >= 11 is 0. The minimum Gasteiger partial charge on any atom is -0.0996 e. The predicted octanol–water partition coefficient (Wildman–Crippen LogP) is 4.95. The first kappa shape index (κ1) is 11.8. The van der Waals surface area contributed by atoms with Crippen LogP contribution in [0.1, 0.15) is 65.7 Å². The second-order valence-corrected chi connectivity index (χ2v) is 5.21. The van der Waals surface area contributed by atoms with Gasteiger partial charge in [-0.2, -0.15) is 0 Å². The van der Waals surface area contributed by atoms with Gasteiger partial charge in [0.25, 0.3) is 0 Å². The van der Waals surface area contributed by atoms with E-state index in [1.807, 2.05) is 0 Å². The summed E-state index contributed by atoms with van der Waals surface area (Å²) in [6.07, 6.45) is 9.82. The zero-order chi connectivity index (χ0) is 10.6. The third kappa shape index (κ3) is 2.62. The average molecular weight is 194 g/mol. The normalized spacial score (nSPS) is 30.4. The Hall–Kier alpha value is -0.260. The highest BCUT2D eigenvalue weighted by atomic mass is 14.5. The zero-order valence-corrected chi connectivity index (χ0v) is 10.2. The molecule has 0 spiro atoms. The fraction of sp³-hybridized carbons (Fsp3) is 0.857. The summed E-state index contributed by atoms with van der Waals surface area (Å²) in [5.41, 5.74) is 1.99. The molecule has 1 aliphatic carbocycles. The van der Waals surface area contributed by atoms with E-state index in [1.54, 1.807) is 0 Å². The van der Waals surface area contributed by atoms with E-state index in [9.17, 15) is 0 Å². The summed E-state index contributed by atoms with van der Waals surface area (Å²) < 4.78 is 0. The molecule has 0 bridgehead atoms. The second-order valence-electron chi connectivity index (χ2n) is 5.21. The quantitative estimate of drug-likeness (QED) is 0.397. The Balaban J connectivity index is 2.14. The van der Waals surface area contributed by atoms with Crippen LogP contribution in [0.2, 0.25) is 0 Å². The van der Waals surface area contributed by atoms with Gasteiger partial charge in [0, 0.05) is 0 Å². The number of allylic oxidation sites excluding steroid dienone is 1. The Labute approximate surface area is 89.8 Å². The molecule has 0 saturated heterocycles. The smallest absolute Gasteiger partial charge is 0.00648 e. The topological polar surface area (TPSA) is 0 Å². The number of hydrogen-bond acceptors (Lipinski definition) is 0. The molecule has 1 rings (SSSR count). The van der Waals surface area contributed by atoms with Gasteiger partial charge in [-0.25, -0.2) is 0 Å². The highest BCUT2D eigenvalue weighted by molar-refractivity contribution is 5.19. The van der Waals surface area contributed by atoms with Crippen LogP contribution in [0.5, 0.6) is 0 Å². The maximum Gasteiger partial charge on any atom is -0.00648 e. The van der Waals surface area contributed by atoms with Crippen molar-refractivity contribution >= 4 is 0 Å². The first-order valence-electron chi connectivity index (χ1n) is 6.29. The Bertz CT molecular complexity index is 192. The third-order valence-corrected chi connectivity index (χ3v) is 4.03. The van der Waals surface area contributed by atoms with Gasteiger partial charge >= 0.3 is 0 Å². The molecule has 0 heteroatoms. The molecule has 0 aliphatic heterocycles. The molecule has 1 fully saturated rings. The van der Waals surface area contributed by atoms with Crippen LogP contribution in [0.15, 0.2) is 12.2 Å². The number of unbranched alkanes of at least 4 members (excludes halogenated alkanes) is 4. The highest BCUT2D eigenvalue weighted by Gasteiger charge is 2.50. The van der Waals surface area contributed by atoms with Gasteiger partial charge in [0.2, 0.25) is 0 Å². The van der Waals surface area contributed by atoms with Crippen molar-refractivity contribution in [2.75, 3.05) is 0 Å². The summed E-state index contributed by atoms with van der Waals surface area (Å²) in [5, 5.41) is 0. The second kappa shape index (κ2) is 5.00. The fourth-order valence-corrected chi connectivity index (χ4v) is 2.69. The van der Waals surface area contributed by atoms with Crippen molar-refractivity contribution in [2.24, 2.45) is 11.3 Å². The molecule has 2 atom stereocenters. The van der Waals surface area contributed by atoms with Crippen molar-refractivity contribution in [2.45, 2.75) is 65.7 Å². The van der Waals surface area contributed by atoms with Gasteiger partial charge in [-0.05, 0) is 31.1 Å². The first-order chi connectivity index (χ1) is 6.63. The van der Waals surface area contributed by atoms with Crippen molar-refractivity contribution in [3.63, 3.8) is 0 Å². The lowest BCUT2D eigenvalue weighted by atomic mass is 9.89. The van der Waals surface area contributed by atoms with E-state index in [0.29, 0.717) is 5.41 Å². The van der Waals surface area contributed by atoms with E-state index in [4.69, 9.17) is 0 Å². The van der Waals surface area contributed by atoms with Crippen LogP contribution in [0, 0.1) is 11.3 Å². The van der Waals surface area contributed by atoms with E-state index in [2.05, 4.69) is 27.4 Å². The van der Waals surface area contributed by atoms with Gasteiger partial charge in [0.1, 0.15) is 0 Å². The van der Waals surface area contributed by atoms with E-state index in [1.165, 1.54) is 50.5 Å². The van der Waals surface area contributed by atoms with E-state index in [-0.39, 0.29) is 0 Å². The Kier molecular flexibility index (Phi) is 4.22. The molecule has 0 aromatic rings. The first-order valence-corrected chi connectivity index (χ1v) is 6.29. The molecule has 0 amide bonds. The summed E-state index contributed by atoms with van der Waals surface area (Å²) in [7, 11) is 0. The molecule has 1 saturated carbocycles. The standard InChI is InChI=1S/C14H26/c1-5-6-7-8-9-10-14(12(2)3)11-13(14)4/h13H,2,5-11H2,1,3-4H3. The molecule has 0 aromatic heterocycles. The van der Waals surface area contributed by atoms with Crippen LogP contribution < -0.4 is 0 Å². The van der Waals surface area contributed by atoms with Crippen LogP contribution in [0.3, 0.4) is 0 Å². The number of hydrogen-bond donors (Lipinski definition) is 0. The Morgan fingerprint density at radius 2 is 1.86 bits per heavy atom. The molecule has 0 heterocycles. The maximum absolute atomic E-state index is 4.15. The highest BCUT2D eigenvalue weighted by Crippen LogP contribution is 2.60. The summed E-state index contributed by atoms with van der Waals surface area (Å²) in [4.78, 5) is 0. The van der Waals surface area contributed by atoms with E-state index in [0.717, 1.165) is 5.92 Å². The van der Waals surface area contributed by atoms with E-state index < -0.39 is 0 Å². The Morgan fingerprint density at radius 1 is 1.29 bits per heavy atom. The summed E-state index contributed by atoms with van der Waals surface area (Å²) in [6.45, 7) is 11.0. The molecular weight excluding hydrogens is 168 g/mol. The van der Waals surface area contributed by atoms with Gasteiger partial charge in [-0.3, -0.25) is 0 Å². The van der Waals surface area contributed by atoms with Gasteiger partial charge in [0.15, 0.2) is 0 Å². The SMILES string of the molecule is C=C(C)C1(CCCCCCC)CC1C. The lowest BCUT2D eigenvalue weighted by molar-refractivity contribution is 0.463. The minimum atomic E-state index is 0.562. The van der Waals surface area contributed by atoms with Gasteiger partial charge in [-0.15, -0.1) is 0 Å². The van der Waals surface area contributed by atoms with Gasteiger partial charge < -0.3 is 0 Å². The average Bonchev–Trinajstić information content (AvgIpc) is 2.78. The monoisotopic (exact) mass is 194 g/mol. The zero-order valence-electron chi connectivity index (χ0n) is 10.2. The van der Waals surface area contributed by atoms with Crippen LogP contribution >= 0.6 is 0 Å². The molecule has 0 N–H and O–H groups in total. The third-order valence-electron chi connectivity index (χ3n) is 4.03. The molecule has 1 aliphatic rings. The van der Waals surface area contributed by atoms with Crippen molar-refractivity contribution in [3.05, 3.63) is 12.2 Å². The van der Waals surface area contributed by atoms with Crippen LogP contribution in [0.4, 0.5) is 0 Å². The molecule has 2 unspecified atom stereocenters. The lowest BCUT2D eigenvalue weighted by Gasteiger charge is -2.16. The molecule has 14 heavy (non-hydrogen) atoms. The summed E-state index contributed by atoms with van der Waals surface area (Å²) in [5.74, 6) is 0.908. The van der Waals surface area contributed by atoms with Crippen molar-refractivity contribution in [1.82, 2.24) is 0 Å². The van der Waals surface area contributed by atoms with Crippen molar-refractivity contribution in [3.8, 4) is 0 Å². The minimum absolute atomic E-state index is 0.562. The molecule has 82 valence electrons. The van der Waals surface area contributed by atoms with Crippen LogP contribution in [-0.4, -0.2) is 0 Å². The van der Waals surface area contributed by atoms with E-state index >= 15 is 0 Å². The molecule has 0 nitrogen and oxygen atoms in total. The van der Waals surface area contributed by atoms with Gasteiger partial charge in [0.05, 0.1) is 0 Å². The molecular formula is C14H26. The maximum atomic E-state index is 4.15. The largest absolute Gasteiger partial charge is 0.0996 e. The predicted molar refractivity (Wildman–Crippen MR) is 64.4 cm³/mol. The molecule has 0 aromatic carbocycles. The van der Waals surface area contributed by atoms with Gasteiger partial charge in [-0.1, -0.05) is 58.1 Å². The molecule has 0 radical (unpaired) electrons. The van der Waals surface area contributed by atoms with Crippen LogP contribution in [0.25, 0.3) is 0 Å². The Morgan fingerprint density at radius 3 is 2.29 bits per heavy atom. The van der Waals surface area contributed by atoms with Crippen LogP contribution in [-0.2, 0) is 0 Å².